The number of carboxylic acids is 1. The van der Waals surface area contributed by atoms with E-state index in [0.29, 0.717) is 0 Å². The van der Waals surface area contributed by atoms with E-state index in [4.69, 9.17) is 0 Å². The second-order valence-corrected chi connectivity index (χ2v) is 1.49. The molecule has 0 bridgehead atoms. The molecule has 0 aromatic carbocycles. The van der Waals surface area contributed by atoms with Gasteiger partial charge in [-0.1, -0.05) is 6.58 Å². The Morgan fingerprint density at radius 2 is 2.20 bits per heavy atom. The van der Waals surface area contributed by atoms with E-state index in [1.807, 2.05) is 0 Å². The lowest BCUT2D eigenvalue weighted by Gasteiger charge is -2.01. The van der Waals surface area contributed by atoms with Gasteiger partial charge in [0, 0.05) is 18.5 Å². The predicted molar refractivity (Wildman–Crippen MR) is 30.8 cm³/mol. The zero-order chi connectivity index (χ0) is 7.98. The summed E-state index contributed by atoms with van der Waals surface area (Å²) in [6, 6.07) is 0. The Morgan fingerprint density at radius 3 is 2.60 bits per heavy atom. The Balaban J connectivity index is 3.28. The third kappa shape index (κ3) is 4.83. The summed E-state index contributed by atoms with van der Waals surface area (Å²) < 4.78 is 4.32. The summed E-state index contributed by atoms with van der Waals surface area (Å²) in [7, 11) is 0. The van der Waals surface area contributed by atoms with Crippen LogP contribution in [0.25, 0.3) is 0 Å². The minimum Gasteiger partial charge on any atom is -0.550 e. The van der Waals surface area contributed by atoms with E-state index in [0.717, 1.165) is 6.08 Å². The van der Waals surface area contributed by atoms with E-state index in [1.54, 1.807) is 0 Å². The van der Waals surface area contributed by atoms with Crippen molar-refractivity contribution in [2.75, 3.05) is 6.61 Å². The summed E-state index contributed by atoms with van der Waals surface area (Å²) in [5, 5.41) is 9.74. The van der Waals surface area contributed by atoms with Crippen LogP contribution in [0.1, 0.15) is 6.42 Å². The van der Waals surface area contributed by atoms with E-state index in [9.17, 15) is 14.7 Å². The van der Waals surface area contributed by atoms with Crippen LogP contribution in [0.4, 0.5) is 0 Å². The minimum atomic E-state index is -1.24. The fraction of sp³-hybridized carbons (Fsp3) is 0.333. The molecule has 0 aliphatic rings. The van der Waals surface area contributed by atoms with Crippen LogP contribution in [0, 0.1) is 0 Å². The molecule has 4 heteroatoms. The Bertz CT molecular complexity index is 150. The highest BCUT2D eigenvalue weighted by molar-refractivity contribution is 5.81. The number of hydrogen-bond donors (Lipinski definition) is 0. The Morgan fingerprint density at radius 1 is 1.60 bits per heavy atom. The Hall–Kier alpha value is -1.32. The van der Waals surface area contributed by atoms with E-state index in [-0.39, 0.29) is 13.0 Å². The standard InChI is InChI=1S/C6H8O4/c1-2-6(9)10-4-3-5(7)8/h2H,1,3-4H2,(H,7,8)/p-1. The van der Waals surface area contributed by atoms with Gasteiger partial charge in [-0.25, -0.2) is 4.79 Å². The van der Waals surface area contributed by atoms with Crippen molar-refractivity contribution in [2.24, 2.45) is 0 Å². The maximum absolute atomic E-state index is 10.2. The SMILES string of the molecule is C=CC(=O)OCCC(=O)[O-]. The lowest BCUT2D eigenvalue weighted by Crippen LogP contribution is -2.24. The van der Waals surface area contributed by atoms with Crippen LogP contribution in [0.2, 0.25) is 0 Å². The van der Waals surface area contributed by atoms with Crippen LogP contribution in [0.3, 0.4) is 0 Å². The van der Waals surface area contributed by atoms with E-state index >= 15 is 0 Å². The first-order chi connectivity index (χ1) is 4.66. The third-order valence-electron chi connectivity index (χ3n) is 0.717. The predicted octanol–water partition coefficient (Wildman–Crippen LogP) is -1.14. The summed E-state index contributed by atoms with van der Waals surface area (Å²) in [4.78, 5) is 20.0. The smallest absolute Gasteiger partial charge is 0.330 e. The fourth-order valence-electron chi connectivity index (χ4n) is 0.294. The van der Waals surface area contributed by atoms with Crippen LogP contribution in [-0.2, 0) is 14.3 Å². The molecule has 0 spiro atoms. The number of rotatable bonds is 4. The number of hydrogen-bond acceptors (Lipinski definition) is 4. The quantitative estimate of drug-likeness (QED) is 0.368. The summed E-state index contributed by atoms with van der Waals surface area (Å²) in [5.41, 5.74) is 0. The average molecular weight is 143 g/mol. The van der Waals surface area contributed by atoms with Crippen LogP contribution < -0.4 is 5.11 Å². The van der Waals surface area contributed by atoms with Gasteiger partial charge >= 0.3 is 5.97 Å². The summed E-state index contributed by atoms with van der Waals surface area (Å²) >= 11 is 0. The second-order valence-electron chi connectivity index (χ2n) is 1.49. The van der Waals surface area contributed by atoms with Gasteiger partial charge in [0.25, 0.3) is 0 Å². The first-order valence-electron chi connectivity index (χ1n) is 2.66. The van der Waals surface area contributed by atoms with Crippen molar-refractivity contribution in [3.63, 3.8) is 0 Å². The number of esters is 1. The Kier molecular flexibility index (Phi) is 3.95. The van der Waals surface area contributed by atoms with Gasteiger partial charge in [-0.05, 0) is 0 Å². The zero-order valence-electron chi connectivity index (χ0n) is 5.33. The molecule has 0 heterocycles. The van der Waals surface area contributed by atoms with Crippen molar-refractivity contribution in [1.29, 1.82) is 0 Å². The molecule has 0 atom stereocenters. The fourth-order valence-corrected chi connectivity index (χ4v) is 0.294. The van der Waals surface area contributed by atoms with Gasteiger partial charge < -0.3 is 14.6 Å². The zero-order valence-corrected chi connectivity index (χ0v) is 5.33. The van der Waals surface area contributed by atoms with Gasteiger partial charge in [-0.3, -0.25) is 0 Å². The van der Waals surface area contributed by atoms with E-state index < -0.39 is 11.9 Å². The molecule has 0 fully saturated rings. The highest BCUT2D eigenvalue weighted by Gasteiger charge is 1.93. The molecule has 0 aromatic heterocycles. The monoisotopic (exact) mass is 143 g/mol. The number of ether oxygens (including phenoxy) is 1. The average Bonchev–Trinajstić information content (AvgIpc) is 1.87. The molecule has 56 valence electrons. The van der Waals surface area contributed by atoms with Crippen molar-refractivity contribution < 1.29 is 19.4 Å². The normalized spacial score (nSPS) is 8.40. The molecule has 0 rings (SSSR count). The van der Waals surface area contributed by atoms with Crippen molar-refractivity contribution >= 4 is 11.9 Å². The highest BCUT2D eigenvalue weighted by atomic mass is 16.5. The van der Waals surface area contributed by atoms with Crippen molar-refractivity contribution in [3.05, 3.63) is 12.7 Å². The minimum absolute atomic E-state index is 0.160. The largest absolute Gasteiger partial charge is 0.550 e. The molecule has 0 radical (unpaired) electrons. The summed E-state index contributed by atoms with van der Waals surface area (Å²) in [6.45, 7) is 2.96. The summed E-state index contributed by atoms with van der Waals surface area (Å²) in [6.07, 6.45) is 0.689. The van der Waals surface area contributed by atoms with Crippen LogP contribution in [-0.4, -0.2) is 18.5 Å². The molecule has 0 N–H and O–H groups in total. The molecular weight excluding hydrogens is 136 g/mol. The number of carboxylic acid groups (broad SMARTS) is 1. The first kappa shape index (κ1) is 8.68. The van der Waals surface area contributed by atoms with Gasteiger partial charge in [0.2, 0.25) is 0 Å². The topological polar surface area (TPSA) is 66.4 Å². The van der Waals surface area contributed by atoms with Gasteiger partial charge in [0.05, 0.1) is 6.61 Å². The first-order valence-corrected chi connectivity index (χ1v) is 2.66. The maximum atomic E-state index is 10.2. The molecule has 0 aliphatic heterocycles. The lowest BCUT2D eigenvalue weighted by atomic mass is 10.5. The maximum Gasteiger partial charge on any atom is 0.330 e. The van der Waals surface area contributed by atoms with Gasteiger partial charge in [-0.2, -0.15) is 0 Å². The molecular formula is C6H7O4-. The molecule has 4 nitrogen and oxygen atoms in total. The number of carbonyl (C=O) groups is 2. The van der Waals surface area contributed by atoms with E-state index in [2.05, 4.69) is 11.3 Å². The van der Waals surface area contributed by atoms with Gasteiger partial charge in [-0.15, -0.1) is 0 Å². The molecule has 0 amide bonds. The molecule has 0 aromatic rings. The Labute approximate surface area is 58.1 Å². The van der Waals surface area contributed by atoms with Gasteiger partial charge in [0.1, 0.15) is 0 Å². The van der Waals surface area contributed by atoms with Crippen LogP contribution >= 0.6 is 0 Å². The van der Waals surface area contributed by atoms with Crippen LogP contribution in [0.15, 0.2) is 12.7 Å². The van der Waals surface area contributed by atoms with Crippen molar-refractivity contribution in [2.45, 2.75) is 6.42 Å². The van der Waals surface area contributed by atoms with Gasteiger partial charge in [0.15, 0.2) is 0 Å². The second kappa shape index (κ2) is 4.55. The number of carbonyl (C=O) groups excluding carboxylic acids is 2. The summed E-state index contributed by atoms with van der Waals surface area (Å²) in [5.74, 6) is -1.86. The lowest BCUT2D eigenvalue weighted by molar-refractivity contribution is -0.306. The molecule has 0 saturated heterocycles. The van der Waals surface area contributed by atoms with E-state index in [1.165, 1.54) is 0 Å². The number of aliphatic carboxylic acids is 1. The molecule has 0 unspecified atom stereocenters. The molecule has 10 heavy (non-hydrogen) atoms. The highest BCUT2D eigenvalue weighted by Crippen LogP contribution is 1.82. The van der Waals surface area contributed by atoms with Crippen molar-refractivity contribution in [3.8, 4) is 0 Å². The molecule has 0 saturated carbocycles. The van der Waals surface area contributed by atoms with Crippen LogP contribution in [0.5, 0.6) is 0 Å². The third-order valence-corrected chi connectivity index (χ3v) is 0.717. The molecule has 0 aliphatic carbocycles. The van der Waals surface area contributed by atoms with Crippen molar-refractivity contribution in [1.82, 2.24) is 0 Å².